The molecule has 2 N–H and O–H groups in total. The zero-order valence-electron chi connectivity index (χ0n) is 16.6. The van der Waals surface area contributed by atoms with Crippen LogP contribution in [0.3, 0.4) is 0 Å². The van der Waals surface area contributed by atoms with Crippen LogP contribution in [-0.4, -0.2) is 15.1 Å². The van der Waals surface area contributed by atoms with Crippen molar-refractivity contribution >= 4 is 46.6 Å². The number of aryl methyl sites for hydroxylation is 1. The molecule has 4 aromatic rings. The molecular weight excluding hydrogens is 471 g/mol. The lowest BCUT2D eigenvalue weighted by Gasteiger charge is -2.15. The first kappa shape index (κ1) is 22.3. The smallest absolute Gasteiger partial charge is 0.0855 e. The lowest BCUT2D eigenvalue weighted by atomic mass is 9.95. The molecule has 31 heavy (non-hydrogen) atoms. The molecule has 0 amide bonds. The second kappa shape index (κ2) is 9.68. The van der Waals surface area contributed by atoms with E-state index in [1.807, 2.05) is 55.5 Å². The number of hydrogen-bond acceptors (Lipinski definition) is 3. The van der Waals surface area contributed by atoms with Crippen LogP contribution in [0.4, 0.5) is 0 Å². The molecule has 1 atom stereocenters. The maximum atomic E-state index is 11.2. The van der Waals surface area contributed by atoms with Crippen LogP contribution in [-0.2, 0) is 6.42 Å². The average Bonchev–Trinajstić information content (AvgIpc) is 3.04. The van der Waals surface area contributed by atoms with Crippen molar-refractivity contribution in [2.45, 2.75) is 29.4 Å². The lowest BCUT2D eigenvalue weighted by Crippen LogP contribution is -2.04. The number of nitrogens with one attached hydrogen (secondary N) is 1. The van der Waals surface area contributed by atoms with E-state index >= 15 is 0 Å². The summed E-state index contributed by atoms with van der Waals surface area (Å²) in [5, 5.41) is 13.9. The van der Waals surface area contributed by atoms with Gasteiger partial charge in [0, 0.05) is 55.6 Å². The van der Waals surface area contributed by atoms with Gasteiger partial charge in [-0.2, -0.15) is 0 Å². The van der Waals surface area contributed by atoms with Crippen molar-refractivity contribution in [3.8, 4) is 11.1 Å². The van der Waals surface area contributed by atoms with E-state index in [0.29, 0.717) is 21.5 Å². The standard InChI is InChI=1S/C24H19Cl3N2OS/c1-14-22(21(30)10-15-6-8-28-9-7-15)23(16-2-4-17(25)5-3-16)24(29-14)31-20-12-18(26)11-19(27)13-20/h2-9,11-13,21,29-30H,10H2,1H3. The maximum Gasteiger partial charge on any atom is 0.0855 e. The number of aromatic nitrogens is 2. The maximum absolute atomic E-state index is 11.2. The van der Waals surface area contributed by atoms with Gasteiger partial charge in [0.1, 0.15) is 0 Å². The van der Waals surface area contributed by atoms with Gasteiger partial charge in [0.05, 0.1) is 11.1 Å². The molecule has 158 valence electrons. The summed E-state index contributed by atoms with van der Waals surface area (Å²) in [7, 11) is 0. The van der Waals surface area contributed by atoms with Crippen molar-refractivity contribution in [1.29, 1.82) is 0 Å². The predicted molar refractivity (Wildman–Crippen MR) is 129 cm³/mol. The van der Waals surface area contributed by atoms with Gasteiger partial charge in [-0.3, -0.25) is 4.98 Å². The van der Waals surface area contributed by atoms with Crippen molar-refractivity contribution in [3.63, 3.8) is 0 Å². The Labute approximate surface area is 200 Å². The highest BCUT2D eigenvalue weighted by molar-refractivity contribution is 7.99. The van der Waals surface area contributed by atoms with Crippen LogP contribution < -0.4 is 0 Å². The van der Waals surface area contributed by atoms with Crippen LogP contribution in [0.15, 0.2) is 76.9 Å². The zero-order chi connectivity index (χ0) is 22.0. The normalized spacial score (nSPS) is 12.2. The number of nitrogens with zero attached hydrogens (tertiary/aromatic N) is 1. The molecule has 0 aliphatic carbocycles. The van der Waals surface area contributed by atoms with Crippen molar-refractivity contribution in [2.75, 3.05) is 0 Å². The van der Waals surface area contributed by atoms with Gasteiger partial charge in [-0.1, -0.05) is 58.7 Å². The SMILES string of the molecule is Cc1[nH]c(Sc2cc(Cl)cc(Cl)c2)c(-c2ccc(Cl)cc2)c1C(O)Cc1ccncc1. The summed E-state index contributed by atoms with van der Waals surface area (Å²) in [5.41, 5.74) is 4.68. The molecule has 2 aromatic heterocycles. The molecule has 4 rings (SSSR count). The molecular formula is C24H19Cl3N2OS. The second-order valence-electron chi connectivity index (χ2n) is 7.16. The predicted octanol–water partition coefficient (Wildman–Crippen LogP) is 7.77. The quantitative estimate of drug-likeness (QED) is 0.291. The highest BCUT2D eigenvalue weighted by atomic mass is 35.5. The van der Waals surface area contributed by atoms with Crippen molar-refractivity contribution in [3.05, 3.63) is 98.9 Å². The molecule has 3 nitrogen and oxygen atoms in total. The summed E-state index contributed by atoms with van der Waals surface area (Å²) in [6.07, 6.45) is 3.25. The minimum atomic E-state index is -0.693. The van der Waals surface area contributed by atoms with Gasteiger partial charge in [0.15, 0.2) is 0 Å². The van der Waals surface area contributed by atoms with Gasteiger partial charge < -0.3 is 10.1 Å². The van der Waals surface area contributed by atoms with Crippen molar-refractivity contribution < 1.29 is 5.11 Å². The van der Waals surface area contributed by atoms with E-state index in [9.17, 15) is 5.11 Å². The fourth-order valence-corrected chi connectivity index (χ4v) is 5.48. The van der Waals surface area contributed by atoms with Gasteiger partial charge in [-0.05, 0) is 60.5 Å². The van der Waals surface area contributed by atoms with E-state index in [1.54, 1.807) is 18.5 Å². The molecule has 0 fully saturated rings. The summed E-state index contributed by atoms with van der Waals surface area (Å²) in [6.45, 7) is 1.97. The number of aliphatic hydroxyl groups is 1. The Bertz CT molecular complexity index is 1170. The highest BCUT2D eigenvalue weighted by Gasteiger charge is 2.24. The van der Waals surface area contributed by atoms with Crippen LogP contribution in [0, 0.1) is 6.92 Å². The number of halogens is 3. The third-order valence-corrected chi connectivity index (χ3v) is 6.57. The first-order valence-electron chi connectivity index (χ1n) is 9.60. The fraction of sp³-hybridized carbons (Fsp3) is 0.125. The number of benzene rings is 2. The summed E-state index contributed by atoms with van der Waals surface area (Å²) in [5.74, 6) is 0. The summed E-state index contributed by atoms with van der Waals surface area (Å²) < 4.78 is 0. The Hall–Kier alpha value is -1.95. The number of aliphatic hydroxyl groups excluding tert-OH is 1. The Morgan fingerprint density at radius 1 is 0.935 bits per heavy atom. The molecule has 7 heteroatoms. The van der Waals surface area contributed by atoms with Crippen molar-refractivity contribution in [1.82, 2.24) is 9.97 Å². The molecule has 0 saturated heterocycles. The summed E-state index contributed by atoms with van der Waals surface area (Å²) in [6, 6.07) is 16.9. The molecule has 0 radical (unpaired) electrons. The largest absolute Gasteiger partial charge is 0.388 e. The Morgan fingerprint density at radius 3 is 2.23 bits per heavy atom. The van der Waals surface area contributed by atoms with Crippen LogP contribution in [0.1, 0.15) is 22.9 Å². The van der Waals surface area contributed by atoms with Crippen LogP contribution in [0.25, 0.3) is 11.1 Å². The van der Waals surface area contributed by atoms with E-state index in [4.69, 9.17) is 34.8 Å². The fourth-order valence-electron chi connectivity index (χ4n) is 3.56. The monoisotopic (exact) mass is 488 g/mol. The Morgan fingerprint density at radius 2 is 1.58 bits per heavy atom. The lowest BCUT2D eigenvalue weighted by molar-refractivity contribution is 0.178. The van der Waals surface area contributed by atoms with E-state index in [-0.39, 0.29) is 0 Å². The topological polar surface area (TPSA) is 48.9 Å². The van der Waals surface area contributed by atoms with E-state index in [2.05, 4.69) is 9.97 Å². The first-order chi connectivity index (χ1) is 14.9. The van der Waals surface area contributed by atoms with E-state index in [1.165, 1.54) is 11.8 Å². The van der Waals surface area contributed by atoms with Gasteiger partial charge in [-0.15, -0.1) is 0 Å². The van der Waals surface area contributed by atoms with Gasteiger partial charge in [0.2, 0.25) is 0 Å². The Balaban J connectivity index is 1.79. The third kappa shape index (κ3) is 5.28. The summed E-state index contributed by atoms with van der Waals surface area (Å²) in [4.78, 5) is 8.41. The van der Waals surface area contributed by atoms with Gasteiger partial charge >= 0.3 is 0 Å². The second-order valence-corrected chi connectivity index (χ2v) is 9.55. The molecule has 2 heterocycles. The molecule has 0 aliphatic heterocycles. The first-order valence-corrected chi connectivity index (χ1v) is 11.5. The number of H-pyrrole nitrogens is 1. The highest BCUT2D eigenvalue weighted by Crippen LogP contribution is 2.43. The van der Waals surface area contributed by atoms with Gasteiger partial charge in [-0.25, -0.2) is 0 Å². The number of pyridine rings is 1. The molecule has 0 spiro atoms. The molecule has 0 bridgehead atoms. The minimum Gasteiger partial charge on any atom is -0.388 e. The van der Waals surface area contributed by atoms with E-state index < -0.39 is 6.10 Å². The minimum absolute atomic E-state index is 0.481. The molecule has 2 aromatic carbocycles. The zero-order valence-corrected chi connectivity index (χ0v) is 19.7. The number of rotatable bonds is 6. The van der Waals surface area contributed by atoms with E-state index in [0.717, 1.165) is 37.9 Å². The van der Waals surface area contributed by atoms with Gasteiger partial charge in [0.25, 0.3) is 0 Å². The van der Waals surface area contributed by atoms with Crippen molar-refractivity contribution in [2.24, 2.45) is 0 Å². The van der Waals surface area contributed by atoms with Crippen LogP contribution >= 0.6 is 46.6 Å². The molecule has 0 saturated carbocycles. The molecule has 1 unspecified atom stereocenters. The Kier molecular flexibility index (Phi) is 6.95. The van der Waals surface area contributed by atoms with Crippen LogP contribution in [0.2, 0.25) is 15.1 Å². The third-order valence-electron chi connectivity index (χ3n) is 4.90. The molecule has 0 aliphatic rings. The number of aromatic amines is 1. The number of hydrogen-bond donors (Lipinski definition) is 2. The average molecular weight is 490 g/mol. The summed E-state index contributed by atoms with van der Waals surface area (Å²) >= 11 is 20.0. The van der Waals surface area contributed by atoms with Crippen LogP contribution in [0.5, 0.6) is 0 Å².